The van der Waals surface area contributed by atoms with Gasteiger partial charge in [0, 0.05) is 12.1 Å². The van der Waals surface area contributed by atoms with E-state index >= 15 is 0 Å². The van der Waals surface area contributed by atoms with Crippen LogP contribution in [0.15, 0.2) is 61.2 Å². The first kappa shape index (κ1) is 26.2. The minimum atomic E-state index is -0.560. The summed E-state index contributed by atoms with van der Waals surface area (Å²) in [6.07, 6.45) is 1.48. The van der Waals surface area contributed by atoms with E-state index in [1.54, 1.807) is 64.8 Å². The minimum Gasteiger partial charge on any atom is -0.497 e. The molecule has 0 heterocycles. The molecule has 0 unspecified atom stereocenters. The molecule has 0 aliphatic carbocycles. The molecule has 0 saturated carbocycles. The fraction of sp³-hybridized carbons (Fsp3) is 0.214. The third kappa shape index (κ3) is 6.56. The fourth-order valence-corrected chi connectivity index (χ4v) is 3.40. The fourth-order valence-electron chi connectivity index (χ4n) is 3.40. The molecule has 8 heteroatoms. The Balaban J connectivity index is 1.68. The highest BCUT2D eigenvalue weighted by Crippen LogP contribution is 2.25. The summed E-state index contributed by atoms with van der Waals surface area (Å²) in [5.74, 6) is 1.23. The van der Waals surface area contributed by atoms with Gasteiger partial charge in [-0.05, 0) is 59.2 Å². The maximum atomic E-state index is 12.7. The standard InChI is InChI=1S/C28H28O8/c1-6-20-13-21(27(29)35-16-18-9-22(31-2)14-23(10-18)32-3)7-8-26(20)28(30)36-17-19-11-24(33-4)15-25(12-19)34-5/h6-15H,1,16-17H2,2-5H3. The van der Waals surface area contributed by atoms with Crippen molar-refractivity contribution in [1.82, 2.24) is 0 Å². The third-order valence-corrected chi connectivity index (χ3v) is 5.29. The van der Waals surface area contributed by atoms with Crippen LogP contribution in [0.2, 0.25) is 0 Å². The average molecular weight is 493 g/mol. The number of methoxy groups -OCH3 is 4. The first-order valence-electron chi connectivity index (χ1n) is 10.9. The molecule has 0 amide bonds. The van der Waals surface area contributed by atoms with Crippen LogP contribution in [0.5, 0.6) is 23.0 Å². The lowest BCUT2D eigenvalue weighted by Crippen LogP contribution is -2.10. The molecule has 0 radical (unpaired) electrons. The topological polar surface area (TPSA) is 89.5 Å². The molecule has 0 aliphatic heterocycles. The van der Waals surface area contributed by atoms with Gasteiger partial charge in [-0.25, -0.2) is 9.59 Å². The first-order chi connectivity index (χ1) is 17.4. The molecule has 8 nitrogen and oxygen atoms in total. The number of hydrogen-bond acceptors (Lipinski definition) is 8. The normalized spacial score (nSPS) is 10.2. The third-order valence-electron chi connectivity index (χ3n) is 5.29. The number of carbonyl (C=O) groups is 2. The molecule has 36 heavy (non-hydrogen) atoms. The maximum Gasteiger partial charge on any atom is 0.339 e. The number of esters is 2. The van der Waals surface area contributed by atoms with Crippen LogP contribution in [0.3, 0.4) is 0 Å². The molecule has 0 aliphatic rings. The highest BCUT2D eigenvalue weighted by molar-refractivity contribution is 5.97. The van der Waals surface area contributed by atoms with Crippen molar-refractivity contribution in [2.75, 3.05) is 28.4 Å². The Hall–Kier alpha value is -4.46. The summed E-state index contributed by atoms with van der Waals surface area (Å²) in [6.45, 7) is 3.78. The first-order valence-corrected chi connectivity index (χ1v) is 10.9. The van der Waals surface area contributed by atoms with Crippen LogP contribution in [0, 0.1) is 0 Å². The number of rotatable bonds is 11. The molecule has 0 N–H and O–H groups in total. The van der Waals surface area contributed by atoms with Gasteiger partial charge in [-0.15, -0.1) is 0 Å². The zero-order chi connectivity index (χ0) is 26.1. The predicted octanol–water partition coefficient (Wildman–Crippen LogP) is 5.08. The molecule has 188 valence electrons. The molecular formula is C28H28O8. The van der Waals surface area contributed by atoms with Crippen molar-refractivity contribution in [2.24, 2.45) is 0 Å². The molecule has 0 spiro atoms. The minimum absolute atomic E-state index is 0.0107. The van der Waals surface area contributed by atoms with Gasteiger partial charge in [-0.1, -0.05) is 12.7 Å². The largest absolute Gasteiger partial charge is 0.497 e. The van der Waals surface area contributed by atoms with E-state index in [1.165, 1.54) is 24.3 Å². The summed E-state index contributed by atoms with van der Waals surface area (Å²) in [4.78, 5) is 25.4. The van der Waals surface area contributed by atoms with Gasteiger partial charge in [0.1, 0.15) is 36.2 Å². The van der Waals surface area contributed by atoms with E-state index in [4.69, 9.17) is 28.4 Å². The van der Waals surface area contributed by atoms with Gasteiger partial charge < -0.3 is 28.4 Å². The summed E-state index contributed by atoms with van der Waals surface area (Å²) >= 11 is 0. The Morgan fingerprint density at radius 1 is 0.667 bits per heavy atom. The molecule has 3 aromatic carbocycles. The van der Waals surface area contributed by atoms with E-state index in [-0.39, 0.29) is 24.3 Å². The van der Waals surface area contributed by atoms with Crippen LogP contribution in [0.25, 0.3) is 6.08 Å². The van der Waals surface area contributed by atoms with Gasteiger partial charge in [0.05, 0.1) is 39.6 Å². The summed E-state index contributed by atoms with van der Waals surface area (Å²) < 4.78 is 31.9. The summed E-state index contributed by atoms with van der Waals surface area (Å²) in [5.41, 5.74) is 2.40. The average Bonchev–Trinajstić information content (AvgIpc) is 2.93. The Labute approximate surface area is 210 Å². The summed E-state index contributed by atoms with van der Waals surface area (Å²) in [5, 5.41) is 0. The number of carbonyl (C=O) groups excluding carboxylic acids is 2. The summed E-state index contributed by atoms with van der Waals surface area (Å²) in [6, 6.07) is 15.0. The van der Waals surface area contributed by atoms with Crippen molar-refractivity contribution in [2.45, 2.75) is 13.2 Å². The number of hydrogen-bond donors (Lipinski definition) is 0. The summed E-state index contributed by atoms with van der Waals surface area (Å²) in [7, 11) is 6.17. The molecule has 0 saturated heterocycles. The van der Waals surface area contributed by atoms with Gasteiger partial charge in [0.25, 0.3) is 0 Å². The highest BCUT2D eigenvalue weighted by Gasteiger charge is 2.16. The maximum absolute atomic E-state index is 12.7. The Bertz CT molecular complexity index is 1200. The van der Waals surface area contributed by atoms with Crippen LogP contribution in [-0.2, 0) is 22.7 Å². The van der Waals surface area contributed by atoms with Gasteiger partial charge in [-0.3, -0.25) is 0 Å². The van der Waals surface area contributed by atoms with Crippen molar-refractivity contribution in [3.63, 3.8) is 0 Å². The van der Waals surface area contributed by atoms with Crippen LogP contribution in [0.1, 0.15) is 37.4 Å². The Morgan fingerprint density at radius 2 is 1.11 bits per heavy atom. The molecule has 0 bridgehead atoms. The molecule has 0 atom stereocenters. The predicted molar refractivity (Wildman–Crippen MR) is 134 cm³/mol. The van der Waals surface area contributed by atoms with E-state index in [2.05, 4.69) is 6.58 Å². The molecule has 3 aromatic rings. The lowest BCUT2D eigenvalue weighted by atomic mass is 10.0. The molecular weight excluding hydrogens is 464 g/mol. The second-order valence-electron chi connectivity index (χ2n) is 7.60. The highest BCUT2D eigenvalue weighted by atomic mass is 16.5. The zero-order valence-corrected chi connectivity index (χ0v) is 20.7. The molecule has 0 fully saturated rings. The van der Waals surface area contributed by atoms with E-state index in [9.17, 15) is 9.59 Å². The van der Waals surface area contributed by atoms with Gasteiger partial charge in [0.15, 0.2) is 0 Å². The lowest BCUT2D eigenvalue weighted by molar-refractivity contribution is 0.0458. The molecule has 0 aromatic heterocycles. The second kappa shape index (κ2) is 12.3. The van der Waals surface area contributed by atoms with E-state index < -0.39 is 11.9 Å². The van der Waals surface area contributed by atoms with Gasteiger partial charge in [-0.2, -0.15) is 0 Å². The molecule has 3 rings (SSSR count). The van der Waals surface area contributed by atoms with E-state index in [1.807, 2.05) is 0 Å². The Kier molecular flexibility index (Phi) is 8.94. The Morgan fingerprint density at radius 3 is 1.53 bits per heavy atom. The smallest absolute Gasteiger partial charge is 0.339 e. The van der Waals surface area contributed by atoms with Crippen LogP contribution < -0.4 is 18.9 Å². The van der Waals surface area contributed by atoms with Gasteiger partial charge in [0.2, 0.25) is 0 Å². The van der Waals surface area contributed by atoms with Crippen molar-refractivity contribution in [3.8, 4) is 23.0 Å². The number of ether oxygens (including phenoxy) is 6. The van der Waals surface area contributed by atoms with Crippen molar-refractivity contribution >= 4 is 18.0 Å². The van der Waals surface area contributed by atoms with Gasteiger partial charge >= 0.3 is 11.9 Å². The van der Waals surface area contributed by atoms with Crippen LogP contribution in [0.4, 0.5) is 0 Å². The van der Waals surface area contributed by atoms with E-state index in [0.717, 1.165) is 0 Å². The van der Waals surface area contributed by atoms with Crippen LogP contribution >= 0.6 is 0 Å². The monoisotopic (exact) mass is 492 g/mol. The SMILES string of the molecule is C=Cc1cc(C(=O)OCc2cc(OC)cc(OC)c2)ccc1C(=O)OCc1cc(OC)cc(OC)c1. The van der Waals surface area contributed by atoms with Crippen LogP contribution in [-0.4, -0.2) is 40.4 Å². The second-order valence-corrected chi connectivity index (χ2v) is 7.60. The quantitative estimate of drug-likeness (QED) is 0.343. The van der Waals surface area contributed by atoms with Crippen molar-refractivity contribution in [3.05, 3.63) is 89.0 Å². The van der Waals surface area contributed by atoms with Crippen molar-refractivity contribution < 1.29 is 38.0 Å². The lowest BCUT2D eigenvalue weighted by Gasteiger charge is -2.12. The zero-order valence-electron chi connectivity index (χ0n) is 20.7. The number of benzene rings is 3. The van der Waals surface area contributed by atoms with E-state index in [0.29, 0.717) is 39.7 Å². The van der Waals surface area contributed by atoms with Crippen molar-refractivity contribution in [1.29, 1.82) is 0 Å².